The lowest BCUT2D eigenvalue weighted by atomic mass is 9.48. The molecule has 2 aromatic rings. The second kappa shape index (κ2) is 6.74. The molecule has 1 heterocycles. The highest BCUT2D eigenvalue weighted by Gasteiger charge is 2.55. The highest BCUT2D eigenvalue weighted by atomic mass is 16.1. The van der Waals surface area contributed by atoms with Gasteiger partial charge in [-0.25, -0.2) is 0 Å². The summed E-state index contributed by atoms with van der Waals surface area (Å²) in [5.74, 6) is 2.93. The Kier molecular flexibility index (Phi) is 4.22. The quantitative estimate of drug-likeness (QED) is 0.694. The molecule has 2 nitrogen and oxygen atoms in total. The van der Waals surface area contributed by atoms with E-state index in [-0.39, 0.29) is 5.41 Å². The van der Waals surface area contributed by atoms with Crippen LogP contribution in [0.15, 0.2) is 54.7 Å². The Morgan fingerprint density at radius 1 is 0.889 bits per heavy atom. The zero-order valence-electron chi connectivity index (χ0n) is 15.9. The number of ketones is 1. The highest BCUT2D eigenvalue weighted by Crippen LogP contribution is 2.60. The van der Waals surface area contributed by atoms with Gasteiger partial charge in [-0.3, -0.25) is 4.79 Å². The molecule has 0 atom stereocenters. The highest BCUT2D eigenvalue weighted by molar-refractivity contribution is 5.84. The summed E-state index contributed by atoms with van der Waals surface area (Å²) in [5, 5.41) is 0. The van der Waals surface area contributed by atoms with Crippen LogP contribution in [-0.4, -0.2) is 5.78 Å². The fourth-order valence-electron chi connectivity index (χ4n) is 6.31. The normalized spacial score (nSPS) is 31.5. The summed E-state index contributed by atoms with van der Waals surface area (Å²) in [7, 11) is 0. The van der Waals surface area contributed by atoms with Gasteiger partial charge >= 0.3 is 0 Å². The Morgan fingerprint density at radius 3 is 2.19 bits per heavy atom. The molecule has 4 bridgehead atoms. The van der Waals surface area contributed by atoms with Crippen molar-refractivity contribution in [2.24, 2.45) is 23.2 Å². The Hall–Kier alpha value is -2.22. The number of benzene rings is 1. The van der Waals surface area contributed by atoms with Crippen molar-refractivity contribution in [1.29, 1.82) is 0 Å². The molecule has 4 aliphatic carbocycles. The molecule has 4 aliphatic rings. The monoisotopic (exact) mass is 358 g/mol. The largest absolute Gasteiger partial charge is 0.292 e. The molecule has 138 valence electrons. The van der Waals surface area contributed by atoms with Crippen LogP contribution < -0.4 is 4.57 Å². The Labute approximate surface area is 161 Å². The maximum Gasteiger partial charge on any atom is 0.207 e. The summed E-state index contributed by atoms with van der Waals surface area (Å²) in [4.78, 5) is 13.4. The van der Waals surface area contributed by atoms with Crippen LogP contribution >= 0.6 is 0 Å². The molecule has 1 aromatic heterocycles. The van der Waals surface area contributed by atoms with Crippen molar-refractivity contribution in [3.8, 4) is 0 Å². The van der Waals surface area contributed by atoms with E-state index in [0.29, 0.717) is 12.3 Å². The van der Waals surface area contributed by atoms with Gasteiger partial charge in [-0.1, -0.05) is 30.3 Å². The van der Waals surface area contributed by atoms with Gasteiger partial charge < -0.3 is 0 Å². The average Bonchev–Trinajstić information content (AvgIpc) is 2.67. The molecule has 27 heavy (non-hydrogen) atoms. The van der Waals surface area contributed by atoms with E-state index in [0.717, 1.165) is 42.7 Å². The summed E-state index contributed by atoms with van der Waals surface area (Å²) in [6.07, 6.45) is 13.9. The summed E-state index contributed by atoms with van der Waals surface area (Å²) < 4.78 is 2.14. The fraction of sp³-hybridized carbons (Fsp3) is 0.440. The van der Waals surface area contributed by atoms with Crippen LogP contribution in [0.5, 0.6) is 0 Å². The lowest BCUT2D eigenvalue weighted by Crippen LogP contribution is -2.54. The maximum atomic E-state index is 13.4. The van der Waals surface area contributed by atoms with Crippen LogP contribution in [0.4, 0.5) is 0 Å². The van der Waals surface area contributed by atoms with Gasteiger partial charge in [0.25, 0.3) is 0 Å². The predicted octanol–water partition coefficient (Wildman–Crippen LogP) is 4.93. The summed E-state index contributed by atoms with van der Waals surface area (Å²) in [6.45, 7) is 0.515. The topological polar surface area (TPSA) is 20.9 Å². The van der Waals surface area contributed by atoms with Crippen molar-refractivity contribution in [2.45, 2.75) is 45.1 Å². The SMILES string of the molecule is O=C(C[n+]1ccccc1/C=C/c1ccccc1)C12CC3CC(CC(C3)C1)C2. The first-order valence-corrected chi connectivity index (χ1v) is 10.5. The van der Waals surface area contributed by atoms with Gasteiger partial charge in [0, 0.05) is 23.6 Å². The van der Waals surface area contributed by atoms with Crippen LogP contribution in [-0.2, 0) is 11.3 Å². The molecule has 2 heteroatoms. The van der Waals surface area contributed by atoms with Gasteiger partial charge in [0.05, 0.1) is 0 Å². The number of pyridine rings is 1. The van der Waals surface area contributed by atoms with E-state index in [1.165, 1.54) is 24.8 Å². The van der Waals surface area contributed by atoms with E-state index >= 15 is 0 Å². The van der Waals surface area contributed by atoms with Crippen molar-refractivity contribution in [1.82, 2.24) is 0 Å². The molecule has 0 spiro atoms. The minimum atomic E-state index is -0.0159. The molecule has 4 fully saturated rings. The van der Waals surface area contributed by atoms with Gasteiger partial charge in [0.1, 0.15) is 0 Å². The first-order chi connectivity index (χ1) is 13.2. The Morgan fingerprint density at radius 2 is 1.52 bits per heavy atom. The van der Waals surface area contributed by atoms with E-state index in [1.54, 1.807) is 0 Å². The van der Waals surface area contributed by atoms with Crippen LogP contribution in [0, 0.1) is 23.2 Å². The Bertz CT molecular complexity index is 832. The van der Waals surface area contributed by atoms with E-state index in [1.807, 2.05) is 12.1 Å². The van der Waals surface area contributed by atoms with E-state index in [9.17, 15) is 4.79 Å². The third-order valence-corrected chi connectivity index (χ3v) is 7.17. The van der Waals surface area contributed by atoms with E-state index in [4.69, 9.17) is 0 Å². The molecule has 0 radical (unpaired) electrons. The number of hydrogen-bond acceptors (Lipinski definition) is 1. The number of hydrogen-bond donors (Lipinski definition) is 0. The van der Waals surface area contributed by atoms with Crippen LogP contribution in [0.25, 0.3) is 12.2 Å². The minimum Gasteiger partial charge on any atom is -0.292 e. The summed E-state index contributed by atoms with van der Waals surface area (Å²) in [5.41, 5.74) is 2.26. The zero-order valence-corrected chi connectivity index (χ0v) is 15.9. The van der Waals surface area contributed by atoms with Crippen LogP contribution in [0.2, 0.25) is 0 Å². The molecule has 0 amide bonds. The molecule has 6 rings (SSSR count). The smallest absolute Gasteiger partial charge is 0.207 e. The second-order valence-electron chi connectivity index (χ2n) is 9.12. The van der Waals surface area contributed by atoms with E-state index in [2.05, 4.69) is 59.3 Å². The van der Waals surface area contributed by atoms with Gasteiger partial charge in [0.15, 0.2) is 6.20 Å². The number of carbonyl (C=O) groups is 1. The number of carbonyl (C=O) groups excluding carboxylic acids is 1. The van der Waals surface area contributed by atoms with Gasteiger partial charge in [-0.05, 0) is 74.0 Å². The first-order valence-electron chi connectivity index (χ1n) is 10.5. The number of aromatic nitrogens is 1. The van der Waals surface area contributed by atoms with Crippen molar-refractivity contribution >= 4 is 17.9 Å². The summed E-state index contributed by atoms with van der Waals surface area (Å²) >= 11 is 0. The molecule has 0 unspecified atom stereocenters. The lowest BCUT2D eigenvalue weighted by Gasteiger charge is -2.55. The molecule has 4 saturated carbocycles. The lowest BCUT2D eigenvalue weighted by molar-refractivity contribution is -0.686. The minimum absolute atomic E-state index is 0.0159. The third kappa shape index (κ3) is 3.26. The van der Waals surface area contributed by atoms with Crippen LogP contribution in [0.1, 0.15) is 49.8 Å². The van der Waals surface area contributed by atoms with Crippen molar-refractivity contribution in [3.63, 3.8) is 0 Å². The van der Waals surface area contributed by atoms with Crippen molar-refractivity contribution in [2.75, 3.05) is 0 Å². The predicted molar refractivity (Wildman–Crippen MR) is 108 cm³/mol. The molecule has 0 saturated heterocycles. The molecular weight excluding hydrogens is 330 g/mol. The fourth-order valence-corrected chi connectivity index (χ4v) is 6.31. The zero-order chi connectivity index (χ0) is 18.3. The van der Waals surface area contributed by atoms with Gasteiger partial charge in [-0.2, -0.15) is 4.57 Å². The van der Waals surface area contributed by atoms with Gasteiger partial charge in [-0.15, -0.1) is 0 Å². The first kappa shape index (κ1) is 16.9. The second-order valence-corrected chi connectivity index (χ2v) is 9.12. The van der Waals surface area contributed by atoms with Crippen molar-refractivity contribution in [3.05, 3.63) is 66.0 Å². The Balaban J connectivity index is 1.37. The maximum absolute atomic E-state index is 13.4. The number of rotatable bonds is 5. The van der Waals surface area contributed by atoms with E-state index < -0.39 is 0 Å². The molecule has 0 N–H and O–H groups in total. The number of Topliss-reactive ketones (excluding diaryl/α,β-unsaturated/α-hetero) is 1. The standard InChI is InChI=1S/C25H28NO/c27-24(25-15-20-12-21(16-25)14-22(13-20)17-25)18-26-11-5-4-8-23(26)10-9-19-6-2-1-3-7-19/h1-11,20-22H,12-18H2/q+1/b10-9+. The third-order valence-electron chi connectivity index (χ3n) is 7.17. The molecule has 0 aliphatic heterocycles. The van der Waals surface area contributed by atoms with Gasteiger partial charge in [0.2, 0.25) is 18.0 Å². The molecule has 1 aromatic carbocycles. The van der Waals surface area contributed by atoms with Crippen molar-refractivity contribution < 1.29 is 9.36 Å². The summed E-state index contributed by atoms with van der Waals surface area (Å²) in [6, 6.07) is 16.5. The van der Waals surface area contributed by atoms with Crippen LogP contribution in [0.3, 0.4) is 0 Å². The average molecular weight is 359 g/mol. The molecular formula is C25H28NO+. The number of nitrogens with zero attached hydrogens (tertiary/aromatic N) is 1.